The van der Waals surface area contributed by atoms with Crippen LogP contribution in [0.5, 0.6) is 0 Å². The second kappa shape index (κ2) is 8.63. The van der Waals surface area contributed by atoms with Gasteiger partial charge >= 0.3 is 0 Å². The van der Waals surface area contributed by atoms with Crippen LogP contribution >= 0.6 is 23.2 Å². The number of allylic oxidation sites excluding steroid dienone is 1. The summed E-state index contributed by atoms with van der Waals surface area (Å²) in [7, 11) is 0. The number of carbonyl (C=O) groups is 1. The number of benzene rings is 2. The number of ketones is 1. The van der Waals surface area contributed by atoms with Crippen LogP contribution in [0.2, 0.25) is 10.0 Å². The summed E-state index contributed by atoms with van der Waals surface area (Å²) in [5.74, 6) is 1.17. The molecule has 8 heteroatoms. The molecule has 4 aromatic rings. The van der Waals surface area contributed by atoms with Gasteiger partial charge in [-0.1, -0.05) is 35.3 Å². The molecule has 0 radical (unpaired) electrons. The monoisotopic (exact) mass is 453 g/mol. The minimum Gasteiger partial charge on any atom is -0.457 e. The molecule has 2 aromatic heterocycles. The molecule has 6 nitrogen and oxygen atoms in total. The van der Waals surface area contributed by atoms with Gasteiger partial charge in [0.25, 0.3) is 5.69 Å². The van der Waals surface area contributed by atoms with Crippen LogP contribution in [0.4, 0.5) is 5.69 Å². The fraction of sp³-hybridized carbons (Fsp3) is 0. The number of nitro groups is 1. The van der Waals surface area contributed by atoms with Crippen LogP contribution in [-0.2, 0) is 0 Å². The zero-order chi connectivity index (χ0) is 22.0. The van der Waals surface area contributed by atoms with Crippen molar-refractivity contribution in [1.29, 1.82) is 0 Å². The van der Waals surface area contributed by atoms with Crippen molar-refractivity contribution in [3.63, 3.8) is 0 Å². The van der Waals surface area contributed by atoms with Crippen LogP contribution in [0.15, 0.2) is 81.6 Å². The first-order chi connectivity index (χ1) is 14.9. The lowest BCUT2D eigenvalue weighted by molar-refractivity contribution is -0.384. The molecular weight excluding hydrogens is 441 g/mol. The molecule has 0 atom stereocenters. The molecule has 0 amide bonds. The van der Waals surface area contributed by atoms with Gasteiger partial charge in [-0.05, 0) is 54.6 Å². The molecule has 0 N–H and O–H groups in total. The van der Waals surface area contributed by atoms with Crippen molar-refractivity contribution in [2.75, 3.05) is 0 Å². The number of hydrogen-bond acceptors (Lipinski definition) is 5. The molecule has 2 heterocycles. The topological polar surface area (TPSA) is 86.5 Å². The van der Waals surface area contributed by atoms with Crippen LogP contribution in [0.1, 0.15) is 16.3 Å². The molecule has 154 valence electrons. The van der Waals surface area contributed by atoms with Crippen LogP contribution in [0.3, 0.4) is 0 Å². The standard InChI is InChI=1S/C23H13Cl2NO5/c24-18-7-4-15(13-19(18)25)22-10-11-23(31-22)20(27)8-5-17-6-9-21(30-17)14-2-1-3-16(12-14)26(28)29/h1-13H. The van der Waals surface area contributed by atoms with Crippen LogP contribution < -0.4 is 0 Å². The number of carbonyl (C=O) groups excluding carboxylic acids is 1. The number of nitrogens with zero attached hydrogens (tertiary/aromatic N) is 1. The van der Waals surface area contributed by atoms with Crippen molar-refractivity contribution >= 4 is 40.7 Å². The van der Waals surface area contributed by atoms with E-state index < -0.39 is 4.92 Å². The Labute approximate surface area is 186 Å². The van der Waals surface area contributed by atoms with E-state index in [1.165, 1.54) is 24.3 Å². The SMILES string of the molecule is O=C(C=Cc1ccc(-c2cccc([N+](=O)[O-])c2)o1)c1ccc(-c2ccc(Cl)c(Cl)c2)o1. The molecular formula is C23H13Cl2NO5. The molecule has 4 rings (SSSR count). The summed E-state index contributed by atoms with van der Waals surface area (Å²) < 4.78 is 11.3. The van der Waals surface area contributed by atoms with Gasteiger partial charge in [0.05, 0.1) is 15.0 Å². The third-order valence-corrected chi connectivity index (χ3v) is 5.16. The van der Waals surface area contributed by atoms with Gasteiger partial charge in [0, 0.05) is 23.3 Å². The van der Waals surface area contributed by atoms with Gasteiger partial charge in [-0.2, -0.15) is 0 Å². The molecule has 0 aliphatic carbocycles. The second-order valence-corrected chi connectivity index (χ2v) is 7.31. The number of hydrogen-bond donors (Lipinski definition) is 0. The molecule has 0 unspecified atom stereocenters. The number of non-ortho nitro benzene ring substituents is 1. The molecule has 31 heavy (non-hydrogen) atoms. The predicted octanol–water partition coefficient (Wildman–Crippen LogP) is 7.32. The summed E-state index contributed by atoms with van der Waals surface area (Å²) in [6.07, 6.45) is 2.83. The molecule has 0 aliphatic rings. The van der Waals surface area contributed by atoms with Crippen molar-refractivity contribution in [3.05, 3.63) is 104 Å². The van der Waals surface area contributed by atoms with Gasteiger partial charge in [-0.15, -0.1) is 0 Å². The maximum absolute atomic E-state index is 12.4. The third kappa shape index (κ3) is 4.60. The van der Waals surface area contributed by atoms with Crippen LogP contribution in [0.25, 0.3) is 28.7 Å². The summed E-state index contributed by atoms with van der Waals surface area (Å²) in [6, 6.07) is 17.8. The Morgan fingerprint density at radius 2 is 1.61 bits per heavy atom. The van der Waals surface area contributed by atoms with E-state index in [1.807, 2.05) is 0 Å². The second-order valence-electron chi connectivity index (χ2n) is 6.50. The quantitative estimate of drug-likeness (QED) is 0.132. The van der Waals surface area contributed by atoms with Crippen molar-refractivity contribution in [3.8, 4) is 22.6 Å². The molecule has 0 spiro atoms. The lowest BCUT2D eigenvalue weighted by Gasteiger charge is -1.99. The fourth-order valence-corrected chi connectivity index (χ4v) is 3.18. The van der Waals surface area contributed by atoms with E-state index in [-0.39, 0.29) is 17.2 Å². The summed E-state index contributed by atoms with van der Waals surface area (Å²) in [5.41, 5.74) is 1.24. The first-order valence-electron chi connectivity index (χ1n) is 9.03. The Morgan fingerprint density at radius 1 is 0.871 bits per heavy atom. The largest absolute Gasteiger partial charge is 0.457 e. The smallest absolute Gasteiger partial charge is 0.270 e. The van der Waals surface area contributed by atoms with E-state index in [9.17, 15) is 14.9 Å². The molecule has 0 saturated heterocycles. The maximum atomic E-state index is 12.4. The average molecular weight is 454 g/mol. The van der Waals surface area contributed by atoms with E-state index >= 15 is 0 Å². The van der Waals surface area contributed by atoms with Gasteiger partial charge in [-0.3, -0.25) is 14.9 Å². The lowest BCUT2D eigenvalue weighted by atomic mass is 10.1. The Kier molecular flexibility index (Phi) is 5.75. The molecule has 2 aromatic carbocycles. The Morgan fingerprint density at radius 3 is 2.39 bits per heavy atom. The number of halogens is 2. The Hall–Kier alpha value is -3.61. The van der Waals surface area contributed by atoms with E-state index in [0.29, 0.717) is 38.5 Å². The third-order valence-electron chi connectivity index (χ3n) is 4.42. The first-order valence-corrected chi connectivity index (χ1v) is 9.78. The zero-order valence-electron chi connectivity index (χ0n) is 15.7. The minimum absolute atomic E-state index is 0.0308. The van der Waals surface area contributed by atoms with Gasteiger partial charge < -0.3 is 8.83 Å². The van der Waals surface area contributed by atoms with E-state index in [2.05, 4.69) is 0 Å². The zero-order valence-corrected chi connectivity index (χ0v) is 17.3. The maximum Gasteiger partial charge on any atom is 0.270 e. The van der Waals surface area contributed by atoms with Crippen LogP contribution in [0, 0.1) is 10.1 Å². The van der Waals surface area contributed by atoms with Gasteiger partial charge in [0.2, 0.25) is 5.78 Å². The van der Waals surface area contributed by atoms with E-state index in [4.69, 9.17) is 32.0 Å². The molecule has 0 bridgehead atoms. The average Bonchev–Trinajstić information content (AvgIpc) is 3.44. The van der Waals surface area contributed by atoms with Crippen LogP contribution in [-0.4, -0.2) is 10.7 Å². The Balaban J connectivity index is 1.49. The number of rotatable bonds is 6. The lowest BCUT2D eigenvalue weighted by Crippen LogP contribution is -1.90. The van der Waals surface area contributed by atoms with Crippen molar-refractivity contribution in [1.82, 2.24) is 0 Å². The molecule has 0 fully saturated rings. The summed E-state index contributed by atoms with van der Waals surface area (Å²) in [4.78, 5) is 22.9. The van der Waals surface area contributed by atoms with Gasteiger partial charge in [0.15, 0.2) is 5.76 Å². The van der Waals surface area contributed by atoms with Crippen molar-refractivity contribution in [2.45, 2.75) is 0 Å². The molecule has 0 aliphatic heterocycles. The highest BCUT2D eigenvalue weighted by molar-refractivity contribution is 6.42. The predicted molar refractivity (Wildman–Crippen MR) is 118 cm³/mol. The Bertz CT molecular complexity index is 1320. The highest BCUT2D eigenvalue weighted by Crippen LogP contribution is 2.30. The normalized spacial score (nSPS) is 11.2. The summed E-state index contributed by atoms with van der Waals surface area (Å²) in [5, 5.41) is 11.7. The highest BCUT2D eigenvalue weighted by atomic mass is 35.5. The first kappa shape index (κ1) is 20.7. The summed E-state index contributed by atoms with van der Waals surface area (Å²) >= 11 is 11.9. The van der Waals surface area contributed by atoms with E-state index in [0.717, 1.165) is 0 Å². The molecule has 0 saturated carbocycles. The van der Waals surface area contributed by atoms with E-state index in [1.54, 1.807) is 54.6 Å². The number of nitro benzene ring substituents is 1. The van der Waals surface area contributed by atoms with Crippen molar-refractivity contribution in [2.24, 2.45) is 0 Å². The number of furan rings is 2. The van der Waals surface area contributed by atoms with Crippen molar-refractivity contribution < 1.29 is 18.6 Å². The van der Waals surface area contributed by atoms with Gasteiger partial charge in [0.1, 0.15) is 17.3 Å². The van der Waals surface area contributed by atoms with Gasteiger partial charge in [-0.25, -0.2) is 0 Å². The highest BCUT2D eigenvalue weighted by Gasteiger charge is 2.12. The summed E-state index contributed by atoms with van der Waals surface area (Å²) in [6.45, 7) is 0. The minimum atomic E-state index is -0.471. The fourth-order valence-electron chi connectivity index (χ4n) is 2.89.